The summed E-state index contributed by atoms with van der Waals surface area (Å²) < 4.78 is 13.7. The van der Waals surface area contributed by atoms with E-state index in [2.05, 4.69) is 15.3 Å². The maximum Gasteiger partial charge on any atom is 0.258 e. The summed E-state index contributed by atoms with van der Waals surface area (Å²) in [4.78, 5) is 33.4. The SMILES string of the molecule is Cc1nc(C)c(/C=C/C(=O)c2ccc(NC(=O)c3ccccc3F)cc2)nc1C. The van der Waals surface area contributed by atoms with Crippen molar-refractivity contribution < 1.29 is 14.0 Å². The van der Waals surface area contributed by atoms with Gasteiger partial charge in [-0.25, -0.2) is 9.37 Å². The standard InChI is InChI=1S/C23H20FN3O2/c1-14-15(2)26-21(16(3)25-14)12-13-22(28)17-8-10-18(11-9-17)27-23(29)19-6-4-5-7-20(19)24/h4-13H,1-3H3,(H,27,29)/b13-12+. The summed E-state index contributed by atoms with van der Waals surface area (Å²) >= 11 is 0. The van der Waals surface area contributed by atoms with Gasteiger partial charge in [-0.15, -0.1) is 0 Å². The fourth-order valence-electron chi connectivity index (χ4n) is 2.70. The maximum absolute atomic E-state index is 13.7. The number of carbonyl (C=O) groups excluding carboxylic acids is 2. The van der Waals surface area contributed by atoms with Crippen molar-refractivity contribution in [3.8, 4) is 0 Å². The molecular formula is C23H20FN3O2. The Labute approximate surface area is 168 Å². The number of aromatic nitrogens is 2. The number of amides is 1. The molecule has 29 heavy (non-hydrogen) atoms. The average Bonchev–Trinajstić information content (AvgIpc) is 2.70. The first-order valence-corrected chi connectivity index (χ1v) is 9.05. The van der Waals surface area contributed by atoms with E-state index in [1.165, 1.54) is 24.3 Å². The van der Waals surface area contributed by atoms with Crippen LogP contribution in [0.2, 0.25) is 0 Å². The summed E-state index contributed by atoms with van der Waals surface area (Å²) in [5.74, 6) is -1.34. The van der Waals surface area contributed by atoms with Crippen molar-refractivity contribution >= 4 is 23.5 Å². The van der Waals surface area contributed by atoms with Gasteiger partial charge in [-0.1, -0.05) is 12.1 Å². The molecule has 0 saturated carbocycles. The lowest BCUT2D eigenvalue weighted by Crippen LogP contribution is -2.13. The zero-order valence-electron chi connectivity index (χ0n) is 16.4. The molecule has 0 aliphatic carbocycles. The molecule has 0 fully saturated rings. The molecule has 0 unspecified atom stereocenters. The quantitative estimate of drug-likeness (QED) is 0.508. The zero-order chi connectivity index (χ0) is 21.0. The van der Waals surface area contributed by atoms with Crippen LogP contribution >= 0.6 is 0 Å². The number of allylic oxidation sites excluding steroid dienone is 1. The van der Waals surface area contributed by atoms with E-state index in [1.54, 1.807) is 36.4 Å². The van der Waals surface area contributed by atoms with Crippen LogP contribution in [0.15, 0.2) is 54.6 Å². The maximum atomic E-state index is 13.7. The fraction of sp³-hybridized carbons (Fsp3) is 0.130. The van der Waals surface area contributed by atoms with Gasteiger partial charge in [0.1, 0.15) is 5.82 Å². The first kappa shape index (κ1) is 20.1. The second-order valence-corrected chi connectivity index (χ2v) is 6.57. The van der Waals surface area contributed by atoms with E-state index in [-0.39, 0.29) is 11.3 Å². The highest BCUT2D eigenvalue weighted by Gasteiger charge is 2.11. The highest BCUT2D eigenvalue weighted by atomic mass is 19.1. The topological polar surface area (TPSA) is 72.0 Å². The molecule has 3 rings (SSSR count). The molecule has 5 nitrogen and oxygen atoms in total. The number of nitrogens with one attached hydrogen (secondary N) is 1. The molecular weight excluding hydrogens is 369 g/mol. The molecule has 2 aromatic carbocycles. The van der Waals surface area contributed by atoms with Gasteiger partial charge in [-0.05, 0) is 69.3 Å². The number of rotatable bonds is 5. The van der Waals surface area contributed by atoms with Crippen molar-refractivity contribution in [2.45, 2.75) is 20.8 Å². The zero-order valence-corrected chi connectivity index (χ0v) is 16.4. The molecule has 146 valence electrons. The van der Waals surface area contributed by atoms with Crippen molar-refractivity contribution in [2.24, 2.45) is 0 Å². The summed E-state index contributed by atoms with van der Waals surface area (Å²) in [5, 5.41) is 2.62. The van der Waals surface area contributed by atoms with Crippen LogP contribution in [0.3, 0.4) is 0 Å². The van der Waals surface area contributed by atoms with E-state index >= 15 is 0 Å². The molecule has 3 aromatic rings. The van der Waals surface area contributed by atoms with E-state index < -0.39 is 11.7 Å². The number of aryl methyl sites for hydroxylation is 3. The number of benzene rings is 2. The minimum atomic E-state index is -0.591. The minimum absolute atomic E-state index is 0.0412. The Morgan fingerprint density at radius 2 is 1.55 bits per heavy atom. The van der Waals surface area contributed by atoms with E-state index in [0.29, 0.717) is 16.9 Å². The van der Waals surface area contributed by atoms with Gasteiger partial charge in [-0.3, -0.25) is 14.6 Å². The molecule has 0 aliphatic heterocycles. The monoisotopic (exact) mass is 389 g/mol. The first-order valence-electron chi connectivity index (χ1n) is 9.05. The summed E-state index contributed by atoms with van der Waals surface area (Å²) in [6.45, 7) is 5.60. The summed E-state index contributed by atoms with van der Waals surface area (Å²) in [5.41, 5.74) is 3.96. The summed E-state index contributed by atoms with van der Waals surface area (Å²) in [6, 6.07) is 12.1. The highest BCUT2D eigenvalue weighted by Crippen LogP contribution is 2.15. The highest BCUT2D eigenvalue weighted by molar-refractivity contribution is 6.08. The average molecular weight is 389 g/mol. The third-order valence-corrected chi connectivity index (χ3v) is 4.46. The Hall–Kier alpha value is -3.67. The lowest BCUT2D eigenvalue weighted by molar-refractivity contribution is 0.102. The lowest BCUT2D eigenvalue weighted by Gasteiger charge is -2.07. The van der Waals surface area contributed by atoms with Gasteiger partial charge in [0, 0.05) is 11.3 Å². The summed E-state index contributed by atoms with van der Waals surface area (Å²) in [7, 11) is 0. The summed E-state index contributed by atoms with van der Waals surface area (Å²) in [6.07, 6.45) is 3.09. The van der Waals surface area contributed by atoms with Crippen LogP contribution in [-0.2, 0) is 0 Å². The molecule has 0 aliphatic rings. The minimum Gasteiger partial charge on any atom is -0.322 e. The number of halogens is 1. The number of hydrogen-bond acceptors (Lipinski definition) is 4. The molecule has 0 saturated heterocycles. The van der Waals surface area contributed by atoms with Crippen molar-refractivity contribution in [1.29, 1.82) is 0 Å². The van der Waals surface area contributed by atoms with E-state index in [4.69, 9.17) is 0 Å². The van der Waals surface area contributed by atoms with Gasteiger partial charge >= 0.3 is 0 Å². The number of ketones is 1. The largest absolute Gasteiger partial charge is 0.322 e. The first-order chi connectivity index (χ1) is 13.8. The van der Waals surface area contributed by atoms with Crippen molar-refractivity contribution in [2.75, 3.05) is 5.32 Å². The van der Waals surface area contributed by atoms with Gasteiger partial charge in [-0.2, -0.15) is 0 Å². The van der Waals surface area contributed by atoms with Crippen LogP contribution < -0.4 is 5.32 Å². The van der Waals surface area contributed by atoms with Crippen molar-refractivity contribution in [3.63, 3.8) is 0 Å². The van der Waals surface area contributed by atoms with Gasteiger partial charge < -0.3 is 5.32 Å². The molecule has 6 heteroatoms. The Bertz CT molecular complexity index is 1110. The third-order valence-electron chi connectivity index (χ3n) is 4.46. The third kappa shape index (κ3) is 4.79. The van der Waals surface area contributed by atoms with Gasteiger partial charge in [0.25, 0.3) is 5.91 Å². The van der Waals surface area contributed by atoms with Crippen LogP contribution in [0.4, 0.5) is 10.1 Å². The second kappa shape index (κ2) is 8.56. The number of hydrogen-bond donors (Lipinski definition) is 1. The molecule has 0 bridgehead atoms. The Balaban J connectivity index is 1.70. The van der Waals surface area contributed by atoms with Gasteiger partial charge in [0.15, 0.2) is 5.78 Å². The Kier molecular flexibility index (Phi) is 5.93. The van der Waals surface area contributed by atoms with Gasteiger partial charge in [0.2, 0.25) is 0 Å². The van der Waals surface area contributed by atoms with Crippen LogP contribution in [0, 0.1) is 26.6 Å². The molecule has 0 radical (unpaired) electrons. The number of carbonyl (C=O) groups is 2. The molecule has 0 spiro atoms. The van der Waals surface area contributed by atoms with Crippen LogP contribution in [0.5, 0.6) is 0 Å². The van der Waals surface area contributed by atoms with Crippen LogP contribution in [0.1, 0.15) is 43.5 Å². The molecule has 1 aromatic heterocycles. The Morgan fingerprint density at radius 1 is 0.897 bits per heavy atom. The second-order valence-electron chi connectivity index (χ2n) is 6.57. The fourth-order valence-corrected chi connectivity index (χ4v) is 2.70. The van der Waals surface area contributed by atoms with Crippen molar-refractivity contribution in [1.82, 2.24) is 9.97 Å². The van der Waals surface area contributed by atoms with Crippen molar-refractivity contribution in [3.05, 3.63) is 94.3 Å². The number of anilines is 1. The predicted molar refractivity (Wildman–Crippen MR) is 110 cm³/mol. The lowest BCUT2D eigenvalue weighted by atomic mass is 10.1. The van der Waals surface area contributed by atoms with E-state index in [0.717, 1.165) is 17.1 Å². The van der Waals surface area contributed by atoms with E-state index in [9.17, 15) is 14.0 Å². The Morgan fingerprint density at radius 3 is 2.24 bits per heavy atom. The predicted octanol–water partition coefficient (Wildman–Crippen LogP) is 4.69. The smallest absolute Gasteiger partial charge is 0.258 e. The molecule has 1 amide bonds. The van der Waals surface area contributed by atoms with Crippen LogP contribution in [0.25, 0.3) is 6.08 Å². The normalized spacial score (nSPS) is 10.9. The molecule has 1 N–H and O–H groups in total. The molecule has 0 atom stereocenters. The van der Waals surface area contributed by atoms with Gasteiger partial charge in [0.05, 0.1) is 28.3 Å². The van der Waals surface area contributed by atoms with E-state index in [1.807, 2.05) is 20.8 Å². The molecule has 1 heterocycles. The number of nitrogens with zero attached hydrogens (tertiary/aromatic N) is 2. The van der Waals surface area contributed by atoms with Crippen LogP contribution in [-0.4, -0.2) is 21.7 Å².